The quantitative estimate of drug-likeness (QED) is 0.623. The Morgan fingerprint density at radius 2 is 1.91 bits per heavy atom. The predicted octanol–water partition coefficient (Wildman–Crippen LogP) is 3.50. The molecule has 2 aliphatic rings. The molecule has 3 heterocycles. The smallest absolute Gasteiger partial charge is 0.243 e. The molecule has 4 rings (SSSR count). The SMILES string of the molecule is CNC(=O)/C=C/c1ccc(-c2ccc(N(C)[C@H]3C[C@]4(C)CCC[C@](C)(C3)N4)nn2)c(O)c1. The molecule has 3 N–H and O–H groups in total. The van der Waals surface area contributed by atoms with Crippen LogP contribution in [-0.2, 0) is 4.79 Å². The number of hydrogen-bond acceptors (Lipinski definition) is 6. The van der Waals surface area contributed by atoms with E-state index >= 15 is 0 Å². The molecule has 7 nitrogen and oxygen atoms in total. The summed E-state index contributed by atoms with van der Waals surface area (Å²) in [6.45, 7) is 4.69. The first-order valence-electron chi connectivity index (χ1n) is 11.3. The van der Waals surface area contributed by atoms with Gasteiger partial charge in [0.1, 0.15) is 5.75 Å². The molecule has 1 aromatic heterocycles. The molecule has 1 aromatic carbocycles. The van der Waals surface area contributed by atoms with Crippen LogP contribution in [-0.4, -0.2) is 52.4 Å². The fraction of sp³-hybridized carbons (Fsp3) is 0.480. The van der Waals surface area contributed by atoms with Crippen LogP contribution in [0, 0.1) is 0 Å². The number of carbonyl (C=O) groups excluding carboxylic acids is 1. The molecule has 2 saturated heterocycles. The zero-order valence-electron chi connectivity index (χ0n) is 19.4. The van der Waals surface area contributed by atoms with Crippen LogP contribution in [0.5, 0.6) is 5.75 Å². The summed E-state index contributed by atoms with van der Waals surface area (Å²) < 4.78 is 0. The van der Waals surface area contributed by atoms with E-state index in [-0.39, 0.29) is 22.7 Å². The number of phenols is 1. The van der Waals surface area contributed by atoms with Gasteiger partial charge in [-0.3, -0.25) is 4.79 Å². The molecule has 2 fully saturated rings. The molecule has 32 heavy (non-hydrogen) atoms. The van der Waals surface area contributed by atoms with Crippen molar-refractivity contribution in [3.05, 3.63) is 42.0 Å². The number of amides is 1. The predicted molar refractivity (Wildman–Crippen MR) is 127 cm³/mol. The monoisotopic (exact) mass is 435 g/mol. The molecule has 3 atom stereocenters. The van der Waals surface area contributed by atoms with Gasteiger partial charge in [-0.25, -0.2) is 0 Å². The summed E-state index contributed by atoms with van der Waals surface area (Å²) in [5.41, 5.74) is 2.31. The Morgan fingerprint density at radius 3 is 2.50 bits per heavy atom. The molecule has 0 radical (unpaired) electrons. The first-order valence-corrected chi connectivity index (χ1v) is 11.3. The summed E-state index contributed by atoms with van der Waals surface area (Å²) >= 11 is 0. The van der Waals surface area contributed by atoms with Crippen molar-refractivity contribution in [3.8, 4) is 17.0 Å². The van der Waals surface area contributed by atoms with Gasteiger partial charge in [-0.2, -0.15) is 0 Å². The van der Waals surface area contributed by atoms with Crippen LogP contribution in [0.25, 0.3) is 17.3 Å². The van der Waals surface area contributed by atoms with Crippen molar-refractivity contribution < 1.29 is 9.90 Å². The van der Waals surface area contributed by atoms with Crippen LogP contribution in [0.1, 0.15) is 51.5 Å². The van der Waals surface area contributed by atoms with Crippen molar-refractivity contribution in [1.29, 1.82) is 0 Å². The average molecular weight is 436 g/mol. The van der Waals surface area contributed by atoms with Crippen LogP contribution in [0.3, 0.4) is 0 Å². The number of nitrogens with zero attached hydrogens (tertiary/aromatic N) is 3. The van der Waals surface area contributed by atoms with Gasteiger partial charge in [0.25, 0.3) is 0 Å². The first kappa shape index (κ1) is 22.3. The number of phenolic OH excluding ortho intramolecular Hbond substituents is 1. The second kappa shape index (κ2) is 8.54. The summed E-state index contributed by atoms with van der Waals surface area (Å²) in [5.74, 6) is 0.751. The highest BCUT2D eigenvalue weighted by molar-refractivity contribution is 5.91. The van der Waals surface area contributed by atoms with Gasteiger partial charge < -0.3 is 20.6 Å². The maximum atomic E-state index is 11.4. The number of benzene rings is 1. The summed E-state index contributed by atoms with van der Waals surface area (Å²) in [5, 5.41) is 25.8. The van der Waals surface area contributed by atoms with Crippen LogP contribution in [0.15, 0.2) is 36.4 Å². The third-order valence-corrected chi connectivity index (χ3v) is 6.96. The topological polar surface area (TPSA) is 90.4 Å². The Kier molecular flexibility index (Phi) is 5.95. The van der Waals surface area contributed by atoms with Gasteiger partial charge in [0.15, 0.2) is 5.82 Å². The Morgan fingerprint density at radius 1 is 1.19 bits per heavy atom. The largest absolute Gasteiger partial charge is 0.507 e. The Hall–Kier alpha value is -2.93. The van der Waals surface area contributed by atoms with Gasteiger partial charge in [-0.15, -0.1) is 10.2 Å². The molecule has 0 aliphatic carbocycles. The standard InChI is InChI=1S/C25H33N5O2/c1-24-12-5-13-25(2,29-24)16-18(15-24)30(4)22-10-9-20(27-28-22)19-8-6-17(14-21(19)31)7-11-23(32)26-3/h6-11,14,18,29,31H,5,12-13,15-16H2,1-4H3,(H,26,32)/b11-7+/t18-,24-,25+. The first-order chi connectivity index (χ1) is 15.2. The third kappa shape index (κ3) is 4.63. The average Bonchev–Trinajstić information content (AvgIpc) is 2.75. The molecule has 0 saturated carbocycles. The molecule has 7 heteroatoms. The molecule has 2 aromatic rings. The highest BCUT2D eigenvalue weighted by Gasteiger charge is 2.46. The number of piperidine rings is 2. The van der Waals surface area contributed by atoms with Gasteiger partial charge >= 0.3 is 0 Å². The lowest BCUT2D eigenvalue weighted by molar-refractivity contribution is -0.115. The lowest BCUT2D eigenvalue weighted by Crippen LogP contribution is -2.66. The molecular formula is C25H33N5O2. The van der Waals surface area contributed by atoms with E-state index in [4.69, 9.17) is 0 Å². The van der Waals surface area contributed by atoms with Crippen molar-refractivity contribution in [2.45, 2.75) is 63.1 Å². The van der Waals surface area contributed by atoms with Crippen molar-refractivity contribution in [3.63, 3.8) is 0 Å². The van der Waals surface area contributed by atoms with Crippen LogP contribution in [0.2, 0.25) is 0 Å². The number of hydrogen-bond donors (Lipinski definition) is 3. The number of rotatable bonds is 5. The van der Waals surface area contributed by atoms with Crippen molar-refractivity contribution in [2.24, 2.45) is 0 Å². The van der Waals surface area contributed by atoms with E-state index in [9.17, 15) is 9.90 Å². The van der Waals surface area contributed by atoms with E-state index in [0.29, 0.717) is 17.3 Å². The number of nitrogens with one attached hydrogen (secondary N) is 2. The second-order valence-electron chi connectivity index (χ2n) is 9.77. The molecule has 0 unspecified atom stereocenters. The lowest BCUT2D eigenvalue weighted by atomic mass is 9.69. The highest BCUT2D eigenvalue weighted by Crippen LogP contribution is 2.41. The van der Waals surface area contributed by atoms with Gasteiger partial charge in [0, 0.05) is 42.9 Å². The minimum atomic E-state index is -0.195. The summed E-state index contributed by atoms with van der Waals surface area (Å²) in [4.78, 5) is 13.6. The molecule has 2 aliphatic heterocycles. The highest BCUT2D eigenvalue weighted by atomic mass is 16.3. The van der Waals surface area contributed by atoms with Gasteiger partial charge in [0.2, 0.25) is 5.91 Å². The lowest BCUT2D eigenvalue weighted by Gasteiger charge is -2.55. The second-order valence-corrected chi connectivity index (χ2v) is 9.77. The van der Waals surface area contributed by atoms with Crippen molar-refractivity contribution in [1.82, 2.24) is 20.8 Å². The zero-order chi connectivity index (χ0) is 22.9. The fourth-order valence-corrected chi connectivity index (χ4v) is 5.38. The summed E-state index contributed by atoms with van der Waals surface area (Å²) in [6, 6.07) is 9.54. The van der Waals surface area contributed by atoms with Crippen molar-refractivity contribution >= 4 is 17.8 Å². The van der Waals surface area contributed by atoms with Gasteiger partial charge in [-0.05, 0) is 81.9 Å². The molecule has 2 bridgehead atoms. The normalized spacial score (nSPS) is 27.3. The maximum Gasteiger partial charge on any atom is 0.243 e. The number of anilines is 1. The summed E-state index contributed by atoms with van der Waals surface area (Å²) in [7, 11) is 3.68. The number of likely N-dealkylation sites (N-methyl/N-ethyl adjacent to an activating group) is 1. The third-order valence-electron chi connectivity index (χ3n) is 6.96. The van der Waals surface area contributed by atoms with Gasteiger partial charge in [-0.1, -0.05) is 6.07 Å². The number of aromatic nitrogens is 2. The Labute approximate surface area is 189 Å². The molecular weight excluding hydrogens is 402 g/mol. The molecule has 170 valence electrons. The zero-order valence-corrected chi connectivity index (χ0v) is 19.4. The fourth-order valence-electron chi connectivity index (χ4n) is 5.38. The summed E-state index contributed by atoms with van der Waals surface area (Å²) in [6.07, 6.45) is 8.98. The van der Waals surface area contributed by atoms with E-state index in [1.54, 1.807) is 25.3 Å². The molecule has 1 amide bonds. The number of carbonyl (C=O) groups is 1. The van der Waals surface area contributed by atoms with E-state index in [1.165, 1.54) is 25.3 Å². The number of fused-ring (bicyclic) bond motifs is 2. The maximum absolute atomic E-state index is 11.4. The van der Waals surface area contributed by atoms with Crippen LogP contribution < -0.4 is 15.5 Å². The van der Waals surface area contributed by atoms with Crippen molar-refractivity contribution in [2.75, 3.05) is 19.0 Å². The minimum Gasteiger partial charge on any atom is -0.507 e. The van der Waals surface area contributed by atoms with E-state index < -0.39 is 0 Å². The van der Waals surface area contributed by atoms with E-state index in [1.807, 2.05) is 18.2 Å². The van der Waals surface area contributed by atoms with Gasteiger partial charge in [0.05, 0.1) is 5.69 Å². The Balaban J connectivity index is 1.50. The van der Waals surface area contributed by atoms with Crippen LogP contribution >= 0.6 is 0 Å². The van der Waals surface area contributed by atoms with Crippen LogP contribution in [0.4, 0.5) is 5.82 Å². The van der Waals surface area contributed by atoms with E-state index in [0.717, 1.165) is 24.2 Å². The van der Waals surface area contributed by atoms with E-state index in [2.05, 4.69) is 46.6 Å². The molecule has 0 spiro atoms. The minimum absolute atomic E-state index is 0.103. The number of aromatic hydroxyl groups is 1. The Bertz CT molecular complexity index is 1000.